The van der Waals surface area contributed by atoms with E-state index in [1.54, 1.807) is 0 Å². The fourth-order valence-electron chi connectivity index (χ4n) is 3.00. The van der Waals surface area contributed by atoms with Gasteiger partial charge in [0.2, 0.25) is 0 Å². The Bertz CT molecular complexity index is 765. The minimum absolute atomic E-state index is 0.163. The Kier molecular flexibility index (Phi) is 4.83. The summed E-state index contributed by atoms with van der Waals surface area (Å²) in [5.74, 6) is 5.30. The van der Waals surface area contributed by atoms with Gasteiger partial charge >= 0.3 is 0 Å². The van der Waals surface area contributed by atoms with Crippen LogP contribution >= 0.6 is 11.8 Å². The molecule has 23 heavy (non-hydrogen) atoms. The van der Waals surface area contributed by atoms with E-state index < -0.39 is 5.97 Å². The van der Waals surface area contributed by atoms with Gasteiger partial charge in [-0.05, 0) is 88.1 Å². The van der Waals surface area contributed by atoms with Gasteiger partial charge in [-0.1, -0.05) is 33.8 Å². The second-order valence-electron chi connectivity index (χ2n) is 7.30. The van der Waals surface area contributed by atoms with Gasteiger partial charge in [-0.25, -0.2) is 0 Å². The van der Waals surface area contributed by atoms with Gasteiger partial charge in [-0.3, -0.25) is 0 Å². The molecule has 1 aliphatic rings. The van der Waals surface area contributed by atoms with Crippen molar-refractivity contribution in [1.82, 2.24) is 0 Å². The highest BCUT2D eigenvalue weighted by Gasteiger charge is 2.37. The largest absolute Gasteiger partial charge is 0.537 e. The Morgan fingerprint density at radius 2 is 1.65 bits per heavy atom. The summed E-state index contributed by atoms with van der Waals surface area (Å²) in [4.78, 5) is 11.3. The number of hydrogen-bond acceptors (Lipinski definition) is 3. The summed E-state index contributed by atoms with van der Waals surface area (Å²) in [6.45, 7) is 11.3. The van der Waals surface area contributed by atoms with Crippen LogP contribution in [0.25, 0.3) is 0 Å². The Labute approximate surface area is 143 Å². The van der Waals surface area contributed by atoms with Crippen LogP contribution in [-0.4, -0.2) is 5.97 Å². The summed E-state index contributed by atoms with van der Waals surface area (Å²) in [6, 6.07) is 4.53. The number of carbonyl (C=O) groups excluding carboxylic acids is 1. The molecule has 3 heteroatoms. The molecule has 0 heterocycles. The molecule has 1 aromatic rings. The van der Waals surface area contributed by atoms with E-state index in [1.165, 1.54) is 41.3 Å². The Morgan fingerprint density at radius 3 is 2.22 bits per heavy atom. The molecule has 0 aliphatic heterocycles. The number of carboxylic acids is 1. The second-order valence-corrected chi connectivity index (χ2v) is 8.15. The summed E-state index contributed by atoms with van der Waals surface area (Å²) in [6.07, 6.45) is 2.36. The molecule has 0 radical (unpaired) electrons. The smallest absolute Gasteiger partial charge is 0.117 e. The van der Waals surface area contributed by atoms with Gasteiger partial charge < -0.3 is 9.90 Å². The molecule has 0 N–H and O–H groups in total. The molecule has 0 fully saturated rings. The molecular weight excluding hydrogens is 304 g/mol. The lowest BCUT2D eigenvalue weighted by molar-refractivity contribution is -0.295. The molecule has 1 aromatic carbocycles. The van der Waals surface area contributed by atoms with Crippen LogP contribution in [0.3, 0.4) is 0 Å². The average Bonchev–Trinajstić information content (AvgIpc) is 2.44. The SMILES string of the molecule is Cc1cc2c(cc1SC#CC#CC(=O)[O-])C(C)(C)CCC2(C)C. The Balaban J connectivity index is 2.38. The molecular formula is C20H21O2S-. The second kappa shape index (κ2) is 6.34. The number of benzene rings is 1. The number of aryl methyl sites for hydroxylation is 1. The highest BCUT2D eigenvalue weighted by Crippen LogP contribution is 2.47. The van der Waals surface area contributed by atoms with Crippen LogP contribution in [-0.2, 0) is 15.6 Å². The van der Waals surface area contributed by atoms with Crippen molar-refractivity contribution in [1.29, 1.82) is 0 Å². The first-order chi connectivity index (χ1) is 10.6. The van der Waals surface area contributed by atoms with E-state index >= 15 is 0 Å². The molecule has 2 nitrogen and oxygen atoms in total. The van der Waals surface area contributed by atoms with Crippen molar-refractivity contribution in [2.75, 3.05) is 0 Å². The predicted molar refractivity (Wildman–Crippen MR) is 92.9 cm³/mol. The molecule has 0 saturated heterocycles. The fourth-order valence-corrected chi connectivity index (χ4v) is 3.61. The van der Waals surface area contributed by atoms with Gasteiger partial charge in [-0.2, -0.15) is 0 Å². The van der Waals surface area contributed by atoms with Gasteiger partial charge in [0, 0.05) is 4.90 Å². The van der Waals surface area contributed by atoms with Gasteiger partial charge in [0.15, 0.2) is 0 Å². The standard InChI is InChI=1S/C20H22O2S/c1-14-12-15-16(20(4,5)10-9-19(15,2)3)13-17(14)23-11-7-6-8-18(21)22/h12-13H,9-10H2,1-5H3,(H,21,22)/p-1. The Morgan fingerprint density at radius 1 is 1.09 bits per heavy atom. The lowest BCUT2D eigenvalue weighted by atomic mass is 9.63. The van der Waals surface area contributed by atoms with Crippen molar-refractivity contribution in [3.8, 4) is 23.0 Å². The maximum Gasteiger partial charge on any atom is 0.117 e. The zero-order valence-electron chi connectivity index (χ0n) is 14.3. The number of carbonyl (C=O) groups is 1. The van der Waals surface area contributed by atoms with Crippen molar-refractivity contribution in [3.05, 3.63) is 28.8 Å². The van der Waals surface area contributed by atoms with E-state index in [9.17, 15) is 9.90 Å². The minimum atomic E-state index is -1.40. The minimum Gasteiger partial charge on any atom is -0.537 e. The topological polar surface area (TPSA) is 40.1 Å². The zero-order chi connectivity index (χ0) is 17.3. The predicted octanol–water partition coefficient (Wildman–Crippen LogP) is 3.15. The van der Waals surface area contributed by atoms with Crippen LogP contribution in [0.1, 0.15) is 57.2 Å². The van der Waals surface area contributed by atoms with Crippen molar-refractivity contribution < 1.29 is 9.90 Å². The van der Waals surface area contributed by atoms with Crippen molar-refractivity contribution >= 4 is 17.7 Å². The van der Waals surface area contributed by atoms with Crippen LogP contribution in [0.4, 0.5) is 0 Å². The summed E-state index contributed by atoms with van der Waals surface area (Å²) in [5.41, 5.74) is 4.38. The molecule has 0 amide bonds. The van der Waals surface area contributed by atoms with Gasteiger partial charge in [0.1, 0.15) is 5.97 Å². The normalized spacial score (nSPS) is 17.1. The maximum absolute atomic E-state index is 10.2. The summed E-state index contributed by atoms with van der Waals surface area (Å²) in [5, 5.41) is 13.1. The Hall–Kier alpha value is -1.84. The third-order valence-electron chi connectivity index (χ3n) is 4.59. The van der Waals surface area contributed by atoms with Crippen molar-refractivity contribution in [2.24, 2.45) is 0 Å². The quantitative estimate of drug-likeness (QED) is 0.588. The van der Waals surface area contributed by atoms with E-state index in [4.69, 9.17) is 0 Å². The summed E-state index contributed by atoms with van der Waals surface area (Å²) >= 11 is 1.40. The van der Waals surface area contributed by atoms with Crippen LogP contribution in [0.15, 0.2) is 17.0 Å². The fraction of sp³-hybridized carbons (Fsp3) is 0.450. The molecule has 1 aliphatic carbocycles. The molecule has 0 spiro atoms. The van der Waals surface area contributed by atoms with Crippen molar-refractivity contribution in [3.63, 3.8) is 0 Å². The van der Waals surface area contributed by atoms with E-state index in [2.05, 4.69) is 63.8 Å². The number of carboxylic acid groups (broad SMARTS) is 1. The summed E-state index contributed by atoms with van der Waals surface area (Å²) in [7, 11) is 0. The zero-order valence-corrected chi connectivity index (χ0v) is 15.1. The number of hydrogen-bond donors (Lipinski definition) is 0. The molecule has 120 valence electrons. The molecule has 0 atom stereocenters. The van der Waals surface area contributed by atoms with Gasteiger partial charge in [-0.15, -0.1) is 0 Å². The van der Waals surface area contributed by atoms with E-state index in [1.807, 2.05) is 5.92 Å². The number of fused-ring (bicyclic) bond motifs is 1. The highest BCUT2D eigenvalue weighted by molar-refractivity contribution is 8.04. The van der Waals surface area contributed by atoms with E-state index in [0.717, 1.165) is 4.90 Å². The lowest BCUT2D eigenvalue weighted by Gasteiger charge is -2.42. The lowest BCUT2D eigenvalue weighted by Crippen LogP contribution is -2.34. The molecule has 0 aromatic heterocycles. The highest BCUT2D eigenvalue weighted by atomic mass is 32.2. The van der Waals surface area contributed by atoms with Gasteiger partial charge in [0.05, 0.1) is 0 Å². The third-order valence-corrected chi connectivity index (χ3v) is 5.45. The number of aliphatic carboxylic acids is 1. The average molecular weight is 325 g/mol. The third kappa shape index (κ3) is 3.92. The first-order valence-electron chi connectivity index (χ1n) is 7.68. The van der Waals surface area contributed by atoms with Crippen molar-refractivity contribution in [2.45, 2.75) is 63.2 Å². The van der Waals surface area contributed by atoms with E-state index in [-0.39, 0.29) is 10.8 Å². The number of thioether (sulfide) groups is 1. The van der Waals surface area contributed by atoms with Crippen LogP contribution in [0, 0.1) is 29.9 Å². The number of rotatable bonds is 1. The maximum atomic E-state index is 10.2. The van der Waals surface area contributed by atoms with Crippen LogP contribution < -0.4 is 5.11 Å². The first kappa shape index (κ1) is 17.5. The first-order valence-corrected chi connectivity index (χ1v) is 8.49. The molecule has 2 rings (SSSR count). The molecule has 0 unspecified atom stereocenters. The molecule has 0 bridgehead atoms. The van der Waals surface area contributed by atoms with Gasteiger partial charge in [0.25, 0.3) is 0 Å². The molecule has 0 saturated carbocycles. The van der Waals surface area contributed by atoms with Crippen LogP contribution in [0.5, 0.6) is 0 Å². The van der Waals surface area contributed by atoms with Crippen LogP contribution in [0.2, 0.25) is 0 Å². The summed E-state index contributed by atoms with van der Waals surface area (Å²) < 4.78 is 0. The monoisotopic (exact) mass is 325 g/mol. The van der Waals surface area contributed by atoms with E-state index in [0.29, 0.717) is 0 Å².